The molecule has 0 saturated carbocycles. The van der Waals surface area contributed by atoms with Crippen molar-refractivity contribution in [3.63, 3.8) is 0 Å². The van der Waals surface area contributed by atoms with E-state index >= 15 is 0 Å². The molecule has 0 amide bonds. The summed E-state index contributed by atoms with van der Waals surface area (Å²) in [6, 6.07) is 0. The van der Waals surface area contributed by atoms with Gasteiger partial charge in [-0.2, -0.15) is 8.42 Å². The van der Waals surface area contributed by atoms with E-state index < -0.39 is 71.2 Å². The summed E-state index contributed by atoms with van der Waals surface area (Å²) >= 11 is 0. The summed E-state index contributed by atoms with van der Waals surface area (Å²) in [7, 11) is -4.61. The van der Waals surface area contributed by atoms with Crippen LogP contribution in [0.25, 0.3) is 0 Å². The van der Waals surface area contributed by atoms with Crippen LogP contribution >= 0.6 is 0 Å². The number of carbonyl (C=O) groups excluding carboxylic acids is 2. The molecule has 4 N–H and O–H groups in total. The lowest BCUT2D eigenvalue weighted by atomic mass is 10.00. The van der Waals surface area contributed by atoms with E-state index in [-0.39, 0.29) is 19.4 Å². The van der Waals surface area contributed by atoms with Gasteiger partial charge >= 0.3 is 11.9 Å². The van der Waals surface area contributed by atoms with Crippen molar-refractivity contribution in [2.75, 3.05) is 19.0 Å². The molecule has 0 spiro atoms. The van der Waals surface area contributed by atoms with E-state index in [2.05, 4.69) is 62.5 Å². The highest BCUT2D eigenvalue weighted by molar-refractivity contribution is 7.85. The molecule has 6 atom stereocenters. The van der Waals surface area contributed by atoms with Crippen molar-refractivity contribution in [3.8, 4) is 0 Å². The smallest absolute Gasteiger partial charge is 0.306 e. The number of ether oxygens (including phenoxy) is 4. The Morgan fingerprint density at radius 2 is 0.969 bits per heavy atom. The van der Waals surface area contributed by atoms with Crippen molar-refractivity contribution in [3.05, 3.63) is 60.8 Å². The second kappa shape index (κ2) is 41.5. The molecule has 0 radical (unpaired) electrons. The molecule has 65 heavy (non-hydrogen) atoms. The number of esters is 2. The number of allylic oxidation sites excluding steroid dienone is 10. The Morgan fingerprint density at radius 3 is 1.43 bits per heavy atom. The molecule has 1 aliphatic heterocycles. The van der Waals surface area contributed by atoms with Crippen LogP contribution < -0.4 is 0 Å². The maximum Gasteiger partial charge on any atom is 0.306 e. The molecule has 0 aromatic carbocycles. The topological polar surface area (TPSA) is 186 Å². The summed E-state index contributed by atoms with van der Waals surface area (Å²) < 4.78 is 54.1. The third-order valence-corrected chi connectivity index (χ3v) is 12.1. The monoisotopic (exact) mass is 939 g/mol. The van der Waals surface area contributed by atoms with Crippen LogP contribution in [0.15, 0.2) is 60.8 Å². The number of aliphatic hydroxyl groups excluding tert-OH is 3. The van der Waals surface area contributed by atoms with E-state index in [1.807, 2.05) is 12.2 Å². The number of aliphatic hydroxyl groups is 3. The Balaban J connectivity index is 2.41. The number of unbranched alkanes of at least 4 members (excludes halogenated alkanes) is 20. The van der Waals surface area contributed by atoms with Crippen LogP contribution in [-0.2, 0) is 38.7 Å². The van der Waals surface area contributed by atoms with Crippen LogP contribution in [0.2, 0.25) is 0 Å². The summed E-state index contributed by atoms with van der Waals surface area (Å²) in [5, 5.41) is 30.9. The molecule has 0 aromatic rings. The fourth-order valence-electron chi connectivity index (χ4n) is 7.48. The lowest BCUT2D eigenvalue weighted by molar-refractivity contribution is -0.297. The van der Waals surface area contributed by atoms with Gasteiger partial charge in [-0.1, -0.05) is 197 Å². The first-order valence-electron chi connectivity index (χ1n) is 25.3. The van der Waals surface area contributed by atoms with Crippen molar-refractivity contribution in [1.82, 2.24) is 0 Å². The predicted molar refractivity (Wildman–Crippen MR) is 261 cm³/mol. The minimum absolute atomic E-state index is 0.0854. The van der Waals surface area contributed by atoms with E-state index in [4.69, 9.17) is 18.9 Å². The molecule has 0 aliphatic carbocycles. The second-order valence-electron chi connectivity index (χ2n) is 17.5. The Hall–Kier alpha value is -2.65. The molecule has 13 heteroatoms. The first kappa shape index (κ1) is 60.4. The maximum absolute atomic E-state index is 12.8. The molecular formula is C52H90O12S. The van der Waals surface area contributed by atoms with E-state index in [1.54, 1.807) is 0 Å². The third kappa shape index (κ3) is 36.1. The van der Waals surface area contributed by atoms with E-state index in [0.717, 1.165) is 51.4 Å². The number of rotatable bonds is 42. The summed E-state index contributed by atoms with van der Waals surface area (Å²) in [6.07, 6.45) is 42.7. The van der Waals surface area contributed by atoms with Crippen LogP contribution in [0.1, 0.15) is 200 Å². The number of carbonyl (C=O) groups is 2. The van der Waals surface area contributed by atoms with Gasteiger partial charge in [0.15, 0.2) is 12.4 Å². The minimum Gasteiger partial charge on any atom is -0.462 e. The van der Waals surface area contributed by atoms with Gasteiger partial charge in [-0.25, -0.2) is 0 Å². The van der Waals surface area contributed by atoms with Crippen LogP contribution in [-0.4, -0.2) is 96.0 Å². The van der Waals surface area contributed by atoms with Gasteiger partial charge in [0.2, 0.25) is 0 Å². The fourth-order valence-corrected chi connectivity index (χ4v) is 8.17. The summed E-state index contributed by atoms with van der Waals surface area (Å²) in [4.78, 5) is 25.5. The molecule has 1 saturated heterocycles. The SMILES string of the molecule is CC/C=C\C/C=C\C/C=C\C/C=C\C/C=C\CCCC(=O)OC(COC(=O)CCCCCCCCCCCCCCCCCCCCCC)COC1OC(CS(=O)(=O)O)C(O)C(O)C1O. The fraction of sp³-hybridized carbons (Fsp3) is 0.769. The minimum atomic E-state index is -4.61. The molecule has 1 rings (SSSR count). The molecule has 1 aliphatic rings. The Labute approximate surface area is 394 Å². The van der Waals surface area contributed by atoms with Crippen LogP contribution in [0.3, 0.4) is 0 Å². The maximum atomic E-state index is 12.8. The summed E-state index contributed by atoms with van der Waals surface area (Å²) in [5.74, 6) is -2.06. The van der Waals surface area contributed by atoms with Crippen molar-refractivity contribution >= 4 is 22.1 Å². The molecule has 6 unspecified atom stereocenters. The van der Waals surface area contributed by atoms with Gasteiger partial charge in [0.1, 0.15) is 36.8 Å². The highest BCUT2D eigenvalue weighted by Crippen LogP contribution is 2.24. The molecular weight excluding hydrogens is 849 g/mol. The highest BCUT2D eigenvalue weighted by Gasteiger charge is 2.46. The Kier molecular flexibility index (Phi) is 38.6. The molecule has 12 nitrogen and oxygen atoms in total. The van der Waals surface area contributed by atoms with Gasteiger partial charge in [-0.05, 0) is 51.4 Å². The predicted octanol–water partition coefficient (Wildman–Crippen LogP) is 11.3. The number of hydrogen-bond donors (Lipinski definition) is 4. The molecule has 1 heterocycles. The summed E-state index contributed by atoms with van der Waals surface area (Å²) in [6.45, 7) is 3.62. The van der Waals surface area contributed by atoms with Crippen molar-refractivity contribution in [1.29, 1.82) is 0 Å². The first-order chi connectivity index (χ1) is 31.5. The van der Waals surface area contributed by atoms with Crippen LogP contribution in [0.4, 0.5) is 0 Å². The lowest BCUT2D eigenvalue weighted by Gasteiger charge is -2.40. The molecule has 1 fully saturated rings. The quantitative estimate of drug-likeness (QED) is 0.0197. The van der Waals surface area contributed by atoms with Gasteiger partial charge in [0, 0.05) is 12.8 Å². The van der Waals surface area contributed by atoms with Gasteiger partial charge < -0.3 is 34.3 Å². The van der Waals surface area contributed by atoms with E-state index in [1.165, 1.54) is 103 Å². The van der Waals surface area contributed by atoms with Gasteiger partial charge in [-0.15, -0.1) is 0 Å². The zero-order valence-electron chi connectivity index (χ0n) is 40.3. The Morgan fingerprint density at radius 1 is 0.538 bits per heavy atom. The standard InChI is InChI=1S/C52H90O12S/c1-3-5-7-9-11-13-15-17-19-21-22-23-25-26-28-30-32-34-36-38-40-47(53)61-42-45(43-62-52-51(57)50(56)49(55)46(64-52)44-65(58,59)60)63-48(54)41-39-37-35-33-31-29-27-24-20-18-16-14-12-10-8-6-4-2/h6,8,12,14,18,20,27,29,33,35,45-46,49-52,55-57H,3-5,7,9-11,13,15-17,19,21-26,28,30-32,34,36-44H2,1-2H3,(H,58,59,60)/b8-6-,14-12-,20-18-,29-27-,35-33-. The van der Waals surface area contributed by atoms with Gasteiger partial charge in [-0.3, -0.25) is 14.1 Å². The normalized spacial score (nSPS) is 20.0. The third-order valence-electron chi connectivity index (χ3n) is 11.4. The average Bonchev–Trinajstić information content (AvgIpc) is 3.27. The lowest BCUT2D eigenvalue weighted by Crippen LogP contribution is -2.60. The zero-order valence-corrected chi connectivity index (χ0v) is 41.1. The van der Waals surface area contributed by atoms with Crippen LogP contribution in [0.5, 0.6) is 0 Å². The molecule has 0 aromatic heterocycles. The number of hydrogen-bond acceptors (Lipinski definition) is 11. The van der Waals surface area contributed by atoms with Crippen molar-refractivity contribution in [2.45, 2.75) is 237 Å². The van der Waals surface area contributed by atoms with Crippen LogP contribution in [0, 0.1) is 0 Å². The second-order valence-corrected chi connectivity index (χ2v) is 19.0. The Bertz CT molecular complexity index is 1420. The van der Waals surface area contributed by atoms with E-state index in [0.29, 0.717) is 19.3 Å². The van der Waals surface area contributed by atoms with E-state index in [9.17, 15) is 37.9 Å². The average molecular weight is 939 g/mol. The molecule has 376 valence electrons. The van der Waals surface area contributed by atoms with Crippen molar-refractivity contribution in [2.24, 2.45) is 0 Å². The van der Waals surface area contributed by atoms with Gasteiger partial charge in [0.25, 0.3) is 10.1 Å². The first-order valence-corrected chi connectivity index (χ1v) is 27.0. The highest BCUT2D eigenvalue weighted by atomic mass is 32.2. The van der Waals surface area contributed by atoms with Crippen molar-refractivity contribution < 1.29 is 56.8 Å². The largest absolute Gasteiger partial charge is 0.462 e. The zero-order chi connectivity index (χ0) is 47.6. The van der Waals surface area contributed by atoms with Gasteiger partial charge in [0.05, 0.1) is 6.61 Å². The molecule has 0 bridgehead atoms. The summed E-state index contributed by atoms with van der Waals surface area (Å²) in [5.41, 5.74) is 0.